The van der Waals surface area contributed by atoms with Crippen LogP contribution in [0.3, 0.4) is 0 Å². The minimum absolute atomic E-state index is 0.0452. The molecule has 0 radical (unpaired) electrons. The molecule has 2 aromatic rings. The van der Waals surface area contributed by atoms with Gasteiger partial charge >= 0.3 is 0 Å². The molecule has 7 nitrogen and oxygen atoms in total. The van der Waals surface area contributed by atoms with Gasteiger partial charge < -0.3 is 14.6 Å². The summed E-state index contributed by atoms with van der Waals surface area (Å²) in [7, 11) is 1.92. The number of hydrogen-bond acceptors (Lipinski definition) is 6. The number of hydrogen-bond donors (Lipinski definition) is 1. The number of carbonyl (C=O) groups excluding carboxylic acids is 1. The van der Waals surface area contributed by atoms with Gasteiger partial charge in [-0.15, -0.1) is 0 Å². The standard InChI is InChI=1S/C16H22N4O3/c1-11(2)20(4)9-15(21)18-13-5-7-14(8-6-13)22-10-16-17-12(3)19-23-16/h5-8,11H,9-10H2,1-4H3,(H,18,21). The first-order chi connectivity index (χ1) is 10.9. The third-order valence-corrected chi connectivity index (χ3v) is 3.34. The van der Waals surface area contributed by atoms with Gasteiger partial charge in [0.25, 0.3) is 5.89 Å². The first-order valence-electron chi connectivity index (χ1n) is 7.46. The molecular weight excluding hydrogens is 296 g/mol. The average Bonchev–Trinajstić information content (AvgIpc) is 2.92. The number of aryl methyl sites for hydroxylation is 1. The number of aromatic nitrogens is 2. The number of carbonyl (C=O) groups is 1. The van der Waals surface area contributed by atoms with Crippen LogP contribution in [0.2, 0.25) is 0 Å². The lowest BCUT2D eigenvalue weighted by atomic mass is 10.3. The Morgan fingerprint density at radius 2 is 2.04 bits per heavy atom. The molecule has 1 aromatic carbocycles. The molecule has 124 valence electrons. The van der Waals surface area contributed by atoms with E-state index in [4.69, 9.17) is 9.26 Å². The van der Waals surface area contributed by atoms with Crippen LogP contribution in [-0.4, -0.2) is 40.6 Å². The lowest BCUT2D eigenvalue weighted by molar-refractivity contribution is -0.117. The Balaban J connectivity index is 1.83. The maximum atomic E-state index is 11.9. The molecule has 0 spiro atoms. The number of nitrogens with one attached hydrogen (secondary N) is 1. The van der Waals surface area contributed by atoms with Gasteiger partial charge in [0.1, 0.15) is 5.75 Å². The van der Waals surface area contributed by atoms with Crippen molar-refractivity contribution in [2.45, 2.75) is 33.4 Å². The van der Waals surface area contributed by atoms with Crippen molar-refractivity contribution in [1.29, 1.82) is 0 Å². The molecule has 23 heavy (non-hydrogen) atoms. The predicted molar refractivity (Wildman–Crippen MR) is 86.2 cm³/mol. The summed E-state index contributed by atoms with van der Waals surface area (Å²) in [6.45, 7) is 6.41. The van der Waals surface area contributed by atoms with Crippen molar-refractivity contribution in [2.75, 3.05) is 18.9 Å². The fourth-order valence-electron chi connectivity index (χ4n) is 1.79. The maximum absolute atomic E-state index is 11.9. The minimum atomic E-state index is -0.0452. The second-order valence-corrected chi connectivity index (χ2v) is 5.61. The van der Waals surface area contributed by atoms with E-state index in [2.05, 4.69) is 15.5 Å². The van der Waals surface area contributed by atoms with E-state index < -0.39 is 0 Å². The molecule has 1 amide bonds. The van der Waals surface area contributed by atoms with E-state index in [1.165, 1.54) is 0 Å². The molecule has 0 bridgehead atoms. The van der Waals surface area contributed by atoms with Crippen LogP contribution in [-0.2, 0) is 11.4 Å². The van der Waals surface area contributed by atoms with Crippen LogP contribution in [0.4, 0.5) is 5.69 Å². The van der Waals surface area contributed by atoms with Crippen LogP contribution in [0.1, 0.15) is 25.6 Å². The van der Waals surface area contributed by atoms with Crippen LogP contribution >= 0.6 is 0 Å². The Hall–Kier alpha value is -2.41. The van der Waals surface area contributed by atoms with E-state index >= 15 is 0 Å². The second kappa shape index (κ2) is 7.73. The SMILES string of the molecule is Cc1noc(COc2ccc(NC(=O)CN(C)C(C)C)cc2)n1. The summed E-state index contributed by atoms with van der Waals surface area (Å²) < 4.78 is 10.5. The van der Waals surface area contributed by atoms with Crippen molar-refractivity contribution in [2.24, 2.45) is 0 Å². The fourth-order valence-corrected chi connectivity index (χ4v) is 1.79. The molecule has 0 saturated heterocycles. The molecule has 1 heterocycles. The number of ether oxygens (including phenoxy) is 1. The summed E-state index contributed by atoms with van der Waals surface area (Å²) >= 11 is 0. The molecule has 0 aliphatic rings. The normalized spacial score (nSPS) is 11.0. The van der Waals surface area contributed by atoms with Crippen LogP contribution in [0.5, 0.6) is 5.75 Å². The second-order valence-electron chi connectivity index (χ2n) is 5.61. The number of benzene rings is 1. The summed E-state index contributed by atoms with van der Waals surface area (Å²) in [5, 5.41) is 6.55. The first-order valence-corrected chi connectivity index (χ1v) is 7.46. The molecule has 0 saturated carbocycles. The highest BCUT2D eigenvalue weighted by Gasteiger charge is 2.09. The van der Waals surface area contributed by atoms with Crippen LogP contribution in [0.15, 0.2) is 28.8 Å². The third kappa shape index (κ3) is 5.37. The fraction of sp³-hybridized carbons (Fsp3) is 0.438. The minimum Gasteiger partial charge on any atom is -0.484 e. The summed E-state index contributed by atoms with van der Waals surface area (Å²) in [5.41, 5.74) is 0.730. The summed E-state index contributed by atoms with van der Waals surface area (Å²) in [4.78, 5) is 17.9. The Labute approximate surface area is 135 Å². The van der Waals surface area contributed by atoms with E-state index in [-0.39, 0.29) is 12.5 Å². The number of anilines is 1. The highest BCUT2D eigenvalue weighted by atomic mass is 16.5. The molecule has 0 unspecified atom stereocenters. The molecule has 0 fully saturated rings. The summed E-state index contributed by atoms with van der Waals surface area (Å²) in [6, 6.07) is 7.48. The first kappa shape index (κ1) is 17.0. The molecule has 7 heteroatoms. The smallest absolute Gasteiger partial charge is 0.264 e. The molecule has 0 aliphatic heterocycles. The van der Waals surface area contributed by atoms with Gasteiger partial charge in [-0.05, 0) is 52.1 Å². The molecule has 0 aliphatic carbocycles. The van der Waals surface area contributed by atoms with E-state index in [0.717, 1.165) is 5.69 Å². The van der Waals surface area contributed by atoms with Gasteiger partial charge in [0.2, 0.25) is 5.91 Å². The van der Waals surface area contributed by atoms with Crippen LogP contribution in [0.25, 0.3) is 0 Å². The van der Waals surface area contributed by atoms with Gasteiger partial charge in [-0.25, -0.2) is 0 Å². The quantitative estimate of drug-likeness (QED) is 0.843. The van der Waals surface area contributed by atoms with Crippen LogP contribution < -0.4 is 10.1 Å². The van der Waals surface area contributed by atoms with Crippen molar-refractivity contribution in [1.82, 2.24) is 15.0 Å². The largest absolute Gasteiger partial charge is 0.484 e. The van der Waals surface area contributed by atoms with Crippen molar-refractivity contribution < 1.29 is 14.1 Å². The number of likely N-dealkylation sites (N-methyl/N-ethyl adjacent to an activating group) is 1. The Kier molecular flexibility index (Phi) is 5.70. The van der Waals surface area contributed by atoms with E-state index in [1.54, 1.807) is 31.2 Å². The lowest BCUT2D eigenvalue weighted by Gasteiger charge is -2.20. The Bertz CT molecular complexity index is 637. The molecular formula is C16H22N4O3. The topological polar surface area (TPSA) is 80.5 Å². The van der Waals surface area contributed by atoms with E-state index in [0.29, 0.717) is 30.1 Å². The van der Waals surface area contributed by atoms with E-state index in [1.807, 2.05) is 25.8 Å². The zero-order valence-electron chi connectivity index (χ0n) is 13.9. The number of amides is 1. The Morgan fingerprint density at radius 1 is 1.35 bits per heavy atom. The van der Waals surface area contributed by atoms with Gasteiger partial charge in [0.15, 0.2) is 12.4 Å². The highest BCUT2D eigenvalue weighted by molar-refractivity contribution is 5.92. The zero-order chi connectivity index (χ0) is 16.8. The third-order valence-electron chi connectivity index (χ3n) is 3.34. The van der Waals surface area contributed by atoms with Gasteiger partial charge in [-0.2, -0.15) is 4.98 Å². The van der Waals surface area contributed by atoms with E-state index in [9.17, 15) is 4.79 Å². The molecule has 1 aromatic heterocycles. The van der Waals surface area contributed by atoms with Crippen molar-refractivity contribution >= 4 is 11.6 Å². The number of rotatable bonds is 7. The summed E-state index contributed by atoms with van der Waals surface area (Å²) in [6.07, 6.45) is 0. The highest BCUT2D eigenvalue weighted by Crippen LogP contribution is 2.17. The van der Waals surface area contributed by atoms with Crippen molar-refractivity contribution in [3.05, 3.63) is 36.0 Å². The van der Waals surface area contributed by atoms with Crippen molar-refractivity contribution in [3.8, 4) is 5.75 Å². The Morgan fingerprint density at radius 3 is 2.61 bits per heavy atom. The molecule has 2 rings (SSSR count). The monoisotopic (exact) mass is 318 g/mol. The van der Waals surface area contributed by atoms with Gasteiger partial charge in [0.05, 0.1) is 6.54 Å². The average molecular weight is 318 g/mol. The van der Waals surface area contributed by atoms with Gasteiger partial charge in [-0.1, -0.05) is 5.16 Å². The lowest BCUT2D eigenvalue weighted by Crippen LogP contribution is -2.34. The number of nitrogens with zero attached hydrogens (tertiary/aromatic N) is 3. The van der Waals surface area contributed by atoms with Crippen LogP contribution in [0, 0.1) is 6.92 Å². The van der Waals surface area contributed by atoms with Gasteiger partial charge in [-0.3, -0.25) is 9.69 Å². The van der Waals surface area contributed by atoms with Crippen molar-refractivity contribution in [3.63, 3.8) is 0 Å². The molecule has 0 atom stereocenters. The summed E-state index contributed by atoms with van der Waals surface area (Å²) in [5.74, 6) is 1.62. The van der Waals surface area contributed by atoms with Gasteiger partial charge in [0, 0.05) is 11.7 Å². The predicted octanol–water partition coefficient (Wildman–Crippen LogP) is 2.24. The molecule has 1 N–H and O–H groups in total. The zero-order valence-corrected chi connectivity index (χ0v) is 13.9. The maximum Gasteiger partial charge on any atom is 0.264 e.